The van der Waals surface area contributed by atoms with E-state index in [1.165, 1.54) is 11.1 Å². The summed E-state index contributed by atoms with van der Waals surface area (Å²) in [5, 5.41) is 8.54. The summed E-state index contributed by atoms with van der Waals surface area (Å²) in [5.41, 5.74) is 0.588. The van der Waals surface area contributed by atoms with Crippen LogP contribution in [0.15, 0.2) is 82.2 Å². The number of amides is 1. The minimum atomic E-state index is -0.315. The van der Waals surface area contributed by atoms with Crippen molar-refractivity contribution in [2.75, 3.05) is 19.6 Å². The number of rotatable bonds is 6. The molecule has 1 saturated heterocycles. The van der Waals surface area contributed by atoms with Crippen LogP contribution in [0.2, 0.25) is 0 Å². The van der Waals surface area contributed by atoms with Gasteiger partial charge in [-0.2, -0.15) is 9.78 Å². The zero-order valence-electron chi connectivity index (χ0n) is 18.3. The quantitative estimate of drug-likeness (QED) is 0.489. The summed E-state index contributed by atoms with van der Waals surface area (Å²) >= 11 is 0. The molecule has 1 atom stereocenters. The van der Waals surface area contributed by atoms with Gasteiger partial charge in [0.05, 0.1) is 23.4 Å². The van der Waals surface area contributed by atoms with E-state index in [-0.39, 0.29) is 23.2 Å². The zero-order valence-corrected chi connectivity index (χ0v) is 18.3. The first-order valence-corrected chi connectivity index (χ1v) is 11.4. The van der Waals surface area contributed by atoms with Gasteiger partial charge in [-0.05, 0) is 56.3 Å². The Morgan fingerprint density at radius 3 is 2.39 bits per heavy atom. The highest BCUT2D eigenvalue weighted by Crippen LogP contribution is 2.25. The molecule has 33 heavy (non-hydrogen) atoms. The van der Waals surface area contributed by atoms with Crippen LogP contribution in [0.25, 0.3) is 16.5 Å². The summed E-state index contributed by atoms with van der Waals surface area (Å²) in [6.45, 7) is 2.34. The number of carbonyl (C=O) groups is 1. The second-order valence-electron chi connectivity index (χ2n) is 8.28. The lowest BCUT2D eigenvalue weighted by Crippen LogP contribution is -2.41. The van der Waals surface area contributed by atoms with Crippen molar-refractivity contribution in [3.63, 3.8) is 0 Å². The number of aromatic nitrogens is 2. The molecule has 1 amide bonds. The molecule has 1 fully saturated rings. The Morgan fingerprint density at radius 1 is 0.939 bits per heavy atom. The Hall–Kier alpha value is -3.71. The molecule has 0 saturated carbocycles. The van der Waals surface area contributed by atoms with Gasteiger partial charge in [-0.15, -0.1) is 0 Å². The third-order valence-corrected chi connectivity index (χ3v) is 6.18. The van der Waals surface area contributed by atoms with Crippen LogP contribution >= 0.6 is 0 Å². The van der Waals surface area contributed by atoms with E-state index in [1.54, 1.807) is 36.6 Å². The highest BCUT2D eigenvalue weighted by molar-refractivity contribution is 6.04. The van der Waals surface area contributed by atoms with Crippen LogP contribution < -0.4 is 10.9 Å². The molecule has 2 aromatic carbocycles. The lowest BCUT2D eigenvalue weighted by Gasteiger charge is -2.33. The second kappa shape index (κ2) is 9.42. The van der Waals surface area contributed by atoms with Crippen LogP contribution in [0.1, 0.15) is 41.6 Å². The maximum absolute atomic E-state index is 13.4. The van der Waals surface area contributed by atoms with Crippen LogP contribution in [0.3, 0.4) is 0 Å². The number of fused-ring (bicyclic) bond motifs is 1. The molecule has 2 aromatic heterocycles. The fraction of sp³-hybridized carbons (Fsp3) is 0.269. The highest BCUT2D eigenvalue weighted by Gasteiger charge is 2.26. The second-order valence-corrected chi connectivity index (χ2v) is 8.28. The van der Waals surface area contributed by atoms with Crippen molar-refractivity contribution in [1.82, 2.24) is 20.0 Å². The summed E-state index contributed by atoms with van der Waals surface area (Å²) in [7, 11) is 0. The Morgan fingerprint density at radius 2 is 1.67 bits per heavy atom. The highest BCUT2D eigenvalue weighted by atomic mass is 16.3. The Labute approximate surface area is 191 Å². The van der Waals surface area contributed by atoms with Gasteiger partial charge >= 0.3 is 0 Å². The summed E-state index contributed by atoms with van der Waals surface area (Å²) in [4.78, 5) is 28.8. The molecule has 7 nitrogen and oxygen atoms in total. The fourth-order valence-electron chi connectivity index (χ4n) is 4.50. The molecular weight excluding hydrogens is 416 g/mol. The average Bonchev–Trinajstić information content (AvgIpc) is 3.40. The number of hydrogen-bond acceptors (Lipinski definition) is 5. The number of benzene rings is 2. The number of furan rings is 1. The van der Waals surface area contributed by atoms with Crippen LogP contribution in [0.5, 0.6) is 0 Å². The maximum Gasteiger partial charge on any atom is 0.279 e. The number of carbonyl (C=O) groups excluding carboxylic acids is 1. The third kappa shape index (κ3) is 4.32. The first-order valence-electron chi connectivity index (χ1n) is 11.4. The van der Waals surface area contributed by atoms with Gasteiger partial charge in [-0.25, -0.2) is 0 Å². The van der Waals surface area contributed by atoms with Crippen molar-refractivity contribution in [3.05, 3.63) is 94.8 Å². The van der Waals surface area contributed by atoms with Crippen LogP contribution in [-0.2, 0) is 0 Å². The molecule has 168 valence electrons. The van der Waals surface area contributed by atoms with Gasteiger partial charge < -0.3 is 9.73 Å². The SMILES string of the molecule is O=C(NCC(c1ccco1)N1CCCCC1)c1nn(-c2ccccc2)c(=O)c2ccccc12. The summed E-state index contributed by atoms with van der Waals surface area (Å²) in [6.07, 6.45) is 5.17. The van der Waals surface area contributed by atoms with Crippen LogP contribution in [0, 0.1) is 0 Å². The van der Waals surface area contributed by atoms with E-state index in [4.69, 9.17) is 4.42 Å². The molecule has 0 radical (unpaired) electrons. The van der Waals surface area contributed by atoms with E-state index < -0.39 is 0 Å². The van der Waals surface area contributed by atoms with Crippen molar-refractivity contribution in [1.29, 1.82) is 0 Å². The van der Waals surface area contributed by atoms with Crippen LogP contribution in [-0.4, -0.2) is 40.2 Å². The summed E-state index contributed by atoms with van der Waals surface area (Å²) in [6, 6.07) is 20.0. The largest absolute Gasteiger partial charge is 0.468 e. The van der Waals surface area contributed by atoms with E-state index in [9.17, 15) is 9.59 Å². The normalized spacial score (nSPS) is 15.4. The third-order valence-electron chi connectivity index (χ3n) is 6.18. The van der Waals surface area contributed by atoms with Gasteiger partial charge in [-0.3, -0.25) is 14.5 Å². The molecule has 0 aliphatic carbocycles. The van der Waals surface area contributed by atoms with E-state index in [1.807, 2.05) is 36.4 Å². The van der Waals surface area contributed by atoms with Gasteiger partial charge in [-0.1, -0.05) is 42.8 Å². The number of nitrogens with one attached hydrogen (secondary N) is 1. The van der Waals surface area contributed by atoms with Crippen molar-refractivity contribution >= 4 is 16.7 Å². The van der Waals surface area contributed by atoms with Gasteiger partial charge in [0.15, 0.2) is 5.69 Å². The standard InChI is InChI=1S/C26H26N4O3/c31-25(27-18-22(23-14-9-17-33-23)29-15-7-2-8-16-29)24-20-12-5-6-13-21(20)26(32)30(28-24)19-10-3-1-4-11-19/h1,3-6,9-14,17,22H,2,7-8,15-16,18H2,(H,27,31). The predicted molar refractivity (Wildman–Crippen MR) is 127 cm³/mol. The topological polar surface area (TPSA) is 80.4 Å². The molecule has 1 aliphatic heterocycles. The van der Waals surface area contributed by atoms with Gasteiger partial charge in [0.25, 0.3) is 11.5 Å². The van der Waals surface area contributed by atoms with Crippen molar-refractivity contribution < 1.29 is 9.21 Å². The summed E-state index contributed by atoms with van der Waals surface area (Å²) < 4.78 is 6.99. The molecular formula is C26H26N4O3. The molecule has 1 N–H and O–H groups in total. The van der Waals surface area contributed by atoms with E-state index in [0.717, 1.165) is 31.7 Å². The Kier molecular flexibility index (Phi) is 6.04. The maximum atomic E-state index is 13.4. The minimum absolute atomic E-state index is 0.0458. The van der Waals surface area contributed by atoms with Crippen molar-refractivity contribution in [2.24, 2.45) is 0 Å². The van der Waals surface area contributed by atoms with Crippen molar-refractivity contribution in [2.45, 2.75) is 25.3 Å². The van der Waals surface area contributed by atoms with Crippen molar-refractivity contribution in [3.8, 4) is 5.69 Å². The molecule has 4 aromatic rings. The number of hydrogen-bond donors (Lipinski definition) is 1. The first-order chi connectivity index (χ1) is 16.2. The average molecular weight is 443 g/mol. The minimum Gasteiger partial charge on any atom is -0.468 e. The number of likely N-dealkylation sites (tertiary alicyclic amines) is 1. The Balaban J connectivity index is 1.48. The molecule has 7 heteroatoms. The molecule has 1 aliphatic rings. The lowest BCUT2D eigenvalue weighted by molar-refractivity contribution is 0.0909. The molecule has 1 unspecified atom stereocenters. The Bertz CT molecular complexity index is 1290. The van der Waals surface area contributed by atoms with E-state index in [2.05, 4.69) is 15.3 Å². The van der Waals surface area contributed by atoms with Gasteiger partial charge in [0.1, 0.15) is 5.76 Å². The fourth-order valence-corrected chi connectivity index (χ4v) is 4.50. The van der Waals surface area contributed by atoms with Gasteiger partial charge in [0.2, 0.25) is 0 Å². The van der Waals surface area contributed by atoms with Gasteiger partial charge in [0, 0.05) is 11.9 Å². The number of para-hydroxylation sites is 1. The smallest absolute Gasteiger partial charge is 0.279 e. The molecule has 0 spiro atoms. The monoisotopic (exact) mass is 442 g/mol. The molecule has 0 bridgehead atoms. The zero-order chi connectivity index (χ0) is 22.6. The van der Waals surface area contributed by atoms with E-state index in [0.29, 0.717) is 23.0 Å². The number of piperidine rings is 1. The molecule has 3 heterocycles. The molecule has 5 rings (SSSR count). The number of nitrogens with zero attached hydrogens (tertiary/aromatic N) is 3. The predicted octanol–water partition coefficient (Wildman–Crippen LogP) is 3.94. The van der Waals surface area contributed by atoms with Crippen LogP contribution in [0.4, 0.5) is 0 Å². The first kappa shape index (κ1) is 21.2. The summed E-state index contributed by atoms with van der Waals surface area (Å²) in [5.74, 6) is 0.522. The lowest BCUT2D eigenvalue weighted by atomic mass is 10.1. The van der Waals surface area contributed by atoms with E-state index >= 15 is 0 Å².